The Morgan fingerprint density at radius 2 is 1.59 bits per heavy atom. The molecule has 2 amide bonds. The van der Waals surface area contributed by atoms with Crippen molar-refractivity contribution in [3.63, 3.8) is 0 Å². The summed E-state index contributed by atoms with van der Waals surface area (Å²) in [4.78, 5) is 31.1. The number of ether oxygens (including phenoxy) is 2. The lowest BCUT2D eigenvalue weighted by Crippen LogP contribution is -2.47. The maximum atomic E-state index is 13.6. The maximum Gasteiger partial charge on any atom is 0.261 e. The molecule has 1 aliphatic rings. The number of hydrogen-bond donors (Lipinski definition) is 1. The average molecular weight is 522 g/mol. The van der Waals surface area contributed by atoms with Crippen LogP contribution in [0, 0.1) is 0 Å². The summed E-state index contributed by atoms with van der Waals surface area (Å²) in [7, 11) is 0. The number of halogens is 1. The number of amides is 2. The van der Waals surface area contributed by atoms with E-state index in [1.165, 1.54) is 0 Å². The van der Waals surface area contributed by atoms with Gasteiger partial charge in [-0.15, -0.1) is 0 Å². The smallest absolute Gasteiger partial charge is 0.261 e. The zero-order chi connectivity index (χ0) is 25.9. The van der Waals surface area contributed by atoms with Crippen molar-refractivity contribution in [1.29, 1.82) is 0 Å². The summed E-state index contributed by atoms with van der Waals surface area (Å²) in [6.45, 7) is 4.29. The first-order valence-electron chi connectivity index (χ1n) is 12.5. The Labute approximate surface area is 222 Å². The fourth-order valence-electron chi connectivity index (χ4n) is 4.25. The standard InChI is InChI=1S/C29H32ClN3O4/c30-25-13-7-8-14-26(25)37-22-27(34)33(21-23-9-3-1-4-10-23)28(24-11-5-2-6-12-24)29(35)31-15-16-32-17-19-36-20-18-32/h1-14,28H,15-22H2,(H,31,35)/t28-/m1/s1. The van der Waals surface area contributed by atoms with Crippen LogP contribution in [0.25, 0.3) is 0 Å². The molecule has 1 N–H and O–H groups in total. The third-order valence-corrected chi connectivity index (χ3v) is 6.52. The van der Waals surface area contributed by atoms with Crippen molar-refractivity contribution in [2.45, 2.75) is 12.6 Å². The third kappa shape index (κ3) is 7.79. The Bertz CT molecular complexity index is 1140. The van der Waals surface area contributed by atoms with Gasteiger partial charge in [0.2, 0.25) is 5.91 Å². The molecule has 7 nitrogen and oxygen atoms in total. The molecule has 3 aromatic carbocycles. The largest absolute Gasteiger partial charge is 0.482 e. The first kappa shape index (κ1) is 26.7. The number of nitrogens with one attached hydrogen (secondary N) is 1. The van der Waals surface area contributed by atoms with E-state index in [0.29, 0.717) is 30.5 Å². The Morgan fingerprint density at radius 3 is 2.30 bits per heavy atom. The van der Waals surface area contributed by atoms with Crippen LogP contribution >= 0.6 is 11.6 Å². The Hall–Kier alpha value is -3.39. The van der Waals surface area contributed by atoms with Crippen LogP contribution in [-0.4, -0.2) is 67.6 Å². The summed E-state index contributed by atoms with van der Waals surface area (Å²) in [5, 5.41) is 3.48. The number of rotatable bonds is 11. The van der Waals surface area contributed by atoms with Gasteiger partial charge in [-0.1, -0.05) is 84.4 Å². The van der Waals surface area contributed by atoms with Crippen LogP contribution in [0.2, 0.25) is 5.02 Å². The lowest BCUT2D eigenvalue weighted by molar-refractivity contribution is -0.143. The highest BCUT2D eigenvalue weighted by atomic mass is 35.5. The zero-order valence-corrected chi connectivity index (χ0v) is 21.5. The molecule has 4 rings (SSSR count). The van der Waals surface area contributed by atoms with E-state index in [4.69, 9.17) is 21.1 Å². The first-order chi connectivity index (χ1) is 18.1. The fraction of sp³-hybridized carbons (Fsp3) is 0.310. The Morgan fingerprint density at radius 1 is 0.946 bits per heavy atom. The van der Waals surface area contributed by atoms with E-state index >= 15 is 0 Å². The minimum absolute atomic E-state index is 0.235. The van der Waals surface area contributed by atoms with Crippen LogP contribution in [0.5, 0.6) is 5.75 Å². The van der Waals surface area contributed by atoms with Gasteiger partial charge in [0, 0.05) is 32.7 Å². The van der Waals surface area contributed by atoms with Gasteiger partial charge in [0.15, 0.2) is 6.61 Å². The molecular weight excluding hydrogens is 490 g/mol. The number of carbonyl (C=O) groups is 2. The van der Waals surface area contributed by atoms with E-state index in [2.05, 4.69) is 10.2 Å². The van der Waals surface area contributed by atoms with Crippen molar-refractivity contribution in [3.05, 3.63) is 101 Å². The van der Waals surface area contributed by atoms with Crippen molar-refractivity contribution in [2.24, 2.45) is 0 Å². The van der Waals surface area contributed by atoms with Crippen molar-refractivity contribution in [3.8, 4) is 5.75 Å². The minimum atomic E-state index is -0.826. The van der Waals surface area contributed by atoms with Crippen LogP contribution < -0.4 is 10.1 Å². The Balaban J connectivity index is 1.55. The van der Waals surface area contributed by atoms with Crippen molar-refractivity contribution >= 4 is 23.4 Å². The molecule has 1 saturated heterocycles. The van der Waals surface area contributed by atoms with Gasteiger partial charge < -0.3 is 19.7 Å². The quantitative estimate of drug-likeness (QED) is 0.414. The lowest BCUT2D eigenvalue weighted by atomic mass is 10.0. The number of benzene rings is 3. The molecule has 1 atom stereocenters. The third-order valence-electron chi connectivity index (χ3n) is 6.21. The number of nitrogens with zero attached hydrogens (tertiary/aromatic N) is 2. The van der Waals surface area contributed by atoms with Gasteiger partial charge in [-0.25, -0.2) is 0 Å². The van der Waals surface area contributed by atoms with Crippen LogP contribution in [-0.2, 0) is 20.9 Å². The van der Waals surface area contributed by atoms with Gasteiger partial charge in [-0.05, 0) is 23.3 Å². The molecule has 1 fully saturated rings. The topological polar surface area (TPSA) is 71.1 Å². The summed E-state index contributed by atoms with van der Waals surface area (Å²) in [6.07, 6.45) is 0. The molecule has 0 radical (unpaired) electrons. The van der Waals surface area contributed by atoms with E-state index in [1.54, 1.807) is 29.2 Å². The fourth-order valence-corrected chi connectivity index (χ4v) is 4.44. The SMILES string of the molecule is O=C(NCCN1CCOCC1)[C@@H](c1ccccc1)N(Cc1ccccc1)C(=O)COc1ccccc1Cl. The highest BCUT2D eigenvalue weighted by Gasteiger charge is 2.32. The molecule has 1 aliphatic heterocycles. The number of morpholine rings is 1. The Kier molecular flexibility index (Phi) is 9.94. The molecule has 0 spiro atoms. The van der Waals surface area contributed by atoms with Gasteiger partial charge >= 0.3 is 0 Å². The summed E-state index contributed by atoms with van der Waals surface area (Å²) >= 11 is 6.22. The molecule has 3 aromatic rings. The van der Waals surface area contributed by atoms with E-state index in [-0.39, 0.29) is 25.0 Å². The van der Waals surface area contributed by atoms with Gasteiger partial charge in [0.25, 0.3) is 5.91 Å². The molecule has 0 bridgehead atoms. The predicted molar refractivity (Wildman–Crippen MR) is 143 cm³/mol. The molecule has 0 aromatic heterocycles. The second-order valence-electron chi connectivity index (χ2n) is 8.78. The van der Waals surface area contributed by atoms with Crippen molar-refractivity contribution in [2.75, 3.05) is 46.0 Å². The van der Waals surface area contributed by atoms with Crippen LogP contribution in [0.4, 0.5) is 0 Å². The van der Waals surface area contributed by atoms with Gasteiger partial charge in [-0.2, -0.15) is 0 Å². The van der Waals surface area contributed by atoms with Crippen molar-refractivity contribution < 1.29 is 19.1 Å². The first-order valence-corrected chi connectivity index (χ1v) is 12.8. The van der Waals surface area contributed by atoms with Gasteiger partial charge in [0.05, 0.1) is 18.2 Å². The van der Waals surface area contributed by atoms with Gasteiger partial charge in [0.1, 0.15) is 11.8 Å². The van der Waals surface area contributed by atoms with Crippen LogP contribution in [0.1, 0.15) is 17.2 Å². The number of para-hydroxylation sites is 1. The lowest BCUT2D eigenvalue weighted by Gasteiger charge is -2.32. The van der Waals surface area contributed by atoms with Crippen molar-refractivity contribution in [1.82, 2.24) is 15.1 Å². The molecule has 1 heterocycles. The second kappa shape index (κ2) is 13.8. The van der Waals surface area contributed by atoms with E-state index in [1.807, 2.05) is 60.7 Å². The normalized spacial score (nSPS) is 14.5. The van der Waals surface area contributed by atoms with E-state index in [9.17, 15) is 9.59 Å². The minimum Gasteiger partial charge on any atom is -0.482 e. The van der Waals surface area contributed by atoms with Gasteiger partial charge in [-0.3, -0.25) is 14.5 Å². The average Bonchev–Trinajstić information content (AvgIpc) is 2.94. The summed E-state index contributed by atoms with van der Waals surface area (Å²) in [5.74, 6) is -0.133. The summed E-state index contributed by atoms with van der Waals surface area (Å²) in [5.41, 5.74) is 1.64. The summed E-state index contributed by atoms with van der Waals surface area (Å²) in [6, 6.07) is 25.2. The molecule has 8 heteroatoms. The zero-order valence-electron chi connectivity index (χ0n) is 20.7. The van der Waals surface area contributed by atoms with Crippen LogP contribution in [0.3, 0.4) is 0 Å². The maximum absolute atomic E-state index is 13.6. The molecule has 0 saturated carbocycles. The summed E-state index contributed by atoms with van der Waals surface area (Å²) < 4.78 is 11.2. The second-order valence-corrected chi connectivity index (χ2v) is 9.19. The molecule has 0 aliphatic carbocycles. The van der Waals surface area contributed by atoms with Crippen LogP contribution in [0.15, 0.2) is 84.9 Å². The molecule has 194 valence electrons. The molecule has 0 unspecified atom stereocenters. The highest BCUT2D eigenvalue weighted by molar-refractivity contribution is 6.32. The monoisotopic (exact) mass is 521 g/mol. The molecule has 37 heavy (non-hydrogen) atoms. The molecular formula is C29H32ClN3O4. The predicted octanol–water partition coefficient (Wildman–Crippen LogP) is 3.94. The van der Waals surface area contributed by atoms with E-state index < -0.39 is 6.04 Å². The number of hydrogen-bond acceptors (Lipinski definition) is 5. The van der Waals surface area contributed by atoms with E-state index in [0.717, 1.165) is 30.8 Å². The number of carbonyl (C=O) groups excluding carboxylic acids is 2. The highest BCUT2D eigenvalue weighted by Crippen LogP contribution is 2.26.